The first-order chi connectivity index (χ1) is 5.75. The maximum Gasteiger partial charge on any atom is 0.276 e. The van der Waals surface area contributed by atoms with Gasteiger partial charge in [0.05, 0.1) is 10.5 Å². The lowest BCUT2D eigenvalue weighted by Crippen LogP contribution is -1.89. The Kier molecular flexibility index (Phi) is 2.58. The first-order valence-corrected chi connectivity index (χ1v) is 3.62. The fourth-order valence-corrected chi connectivity index (χ4v) is 0.974. The van der Waals surface area contributed by atoms with E-state index >= 15 is 0 Å². The number of para-hydroxylation sites is 1. The van der Waals surface area contributed by atoms with E-state index in [9.17, 15) is 10.1 Å². The van der Waals surface area contributed by atoms with Gasteiger partial charge in [0.15, 0.2) is 0 Å². The summed E-state index contributed by atoms with van der Waals surface area (Å²) in [4.78, 5) is 10.1. The SMILES string of the molecule is C/C=C/c1ccccc1[N+](=O)[O-]. The van der Waals surface area contributed by atoms with Gasteiger partial charge >= 0.3 is 0 Å². The Morgan fingerprint density at radius 3 is 2.67 bits per heavy atom. The summed E-state index contributed by atoms with van der Waals surface area (Å²) in [5, 5.41) is 10.5. The van der Waals surface area contributed by atoms with E-state index in [0.717, 1.165) is 0 Å². The van der Waals surface area contributed by atoms with E-state index < -0.39 is 0 Å². The summed E-state index contributed by atoms with van der Waals surface area (Å²) in [6.07, 6.45) is 3.50. The minimum Gasteiger partial charge on any atom is -0.258 e. The predicted octanol–water partition coefficient (Wildman–Crippen LogP) is 2.63. The number of allylic oxidation sites excluding steroid dienone is 1. The van der Waals surface area contributed by atoms with Crippen LogP contribution in [0.15, 0.2) is 30.3 Å². The minimum atomic E-state index is -0.380. The molecule has 0 saturated heterocycles. The van der Waals surface area contributed by atoms with Crippen LogP contribution < -0.4 is 0 Å². The molecule has 0 heterocycles. The van der Waals surface area contributed by atoms with Gasteiger partial charge in [-0.15, -0.1) is 0 Å². The molecule has 0 amide bonds. The van der Waals surface area contributed by atoms with Gasteiger partial charge < -0.3 is 0 Å². The van der Waals surface area contributed by atoms with E-state index in [1.165, 1.54) is 6.07 Å². The van der Waals surface area contributed by atoms with E-state index in [1.807, 2.05) is 6.92 Å². The molecule has 0 aliphatic rings. The molecule has 0 unspecified atom stereocenters. The highest BCUT2D eigenvalue weighted by Gasteiger charge is 2.08. The van der Waals surface area contributed by atoms with Crippen LogP contribution in [0.5, 0.6) is 0 Å². The van der Waals surface area contributed by atoms with Gasteiger partial charge in [0.2, 0.25) is 0 Å². The molecule has 1 aromatic carbocycles. The molecule has 0 atom stereocenters. The standard InChI is InChI=1S/C9H9NO2/c1-2-5-8-6-3-4-7-9(8)10(11)12/h2-7H,1H3/b5-2+. The molecule has 0 aromatic heterocycles. The Labute approximate surface area is 70.5 Å². The first-order valence-electron chi connectivity index (χ1n) is 3.62. The van der Waals surface area contributed by atoms with Crippen molar-refractivity contribution in [2.45, 2.75) is 6.92 Å². The highest BCUT2D eigenvalue weighted by molar-refractivity contribution is 5.60. The molecule has 3 nitrogen and oxygen atoms in total. The van der Waals surface area contributed by atoms with Crippen molar-refractivity contribution in [3.8, 4) is 0 Å². The van der Waals surface area contributed by atoms with Gasteiger partial charge in [-0.3, -0.25) is 10.1 Å². The third kappa shape index (κ3) is 1.69. The third-order valence-corrected chi connectivity index (χ3v) is 1.48. The Balaban J connectivity index is 3.17. The summed E-state index contributed by atoms with van der Waals surface area (Å²) in [5.41, 5.74) is 0.792. The molecule has 0 fully saturated rings. The van der Waals surface area contributed by atoms with Crippen molar-refractivity contribution < 1.29 is 4.92 Å². The van der Waals surface area contributed by atoms with Crippen molar-refractivity contribution in [2.75, 3.05) is 0 Å². The van der Waals surface area contributed by atoms with Crippen molar-refractivity contribution in [1.29, 1.82) is 0 Å². The van der Waals surface area contributed by atoms with Crippen LogP contribution in [0.25, 0.3) is 6.08 Å². The van der Waals surface area contributed by atoms with Crippen LogP contribution in [-0.4, -0.2) is 4.92 Å². The number of hydrogen-bond donors (Lipinski definition) is 0. The zero-order valence-corrected chi connectivity index (χ0v) is 6.73. The molecule has 62 valence electrons. The van der Waals surface area contributed by atoms with Gasteiger partial charge in [-0.05, 0) is 13.0 Å². The molecule has 1 rings (SSSR count). The minimum absolute atomic E-state index is 0.149. The number of nitro benzene ring substituents is 1. The summed E-state index contributed by atoms with van der Waals surface area (Å²) in [7, 11) is 0. The third-order valence-electron chi connectivity index (χ3n) is 1.48. The van der Waals surface area contributed by atoms with Crippen LogP contribution in [0.2, 0.25) is 0 Å². The maximum absolute atomic E-state index is 10.5. The summed E-state index contributed by atoms with van der Waals surface area (Å²) in [6, 6.07) is 6.65. The molecule has 1 aromatic rings. The second-order valence-electron chi connectivity index (χ2n) is 2.32. The topological polar surface area (TPSA) is 43.1 Å². The van der Waals surface area contributed by atoms with Crippen molar-refractivity contribution in [3.05, 3.63) is 46.0 Å². The van der Waals surface area contributed by atoms with Crippen molar-refractivity contribution in [1.82, 2.24) is 0 Å². The lowest BCUT2D eigenvalue weighted by molar-refractivity contribution is -0.385. The number of benzene rings is 1. The lowest BCUT2D eigenvalue weighted by atomic mass is 10.2. The second kappa shape index (κ2) is 3.67. The molecule has 12 heavy (non-hydrogen) atoms. The Morgan fingerprint density at radius 1 is 1.42 bits per heavy atom. The van der Waals surface area contributed by atoms with Gasteiger partial charge in [0.25, 0.3) is 5.69 Å². The maximum atomic E-state index is 10.5. The average Bonchev–Trinajstić information content (AvgIpc) is 2.05. The molecule has 0 saturated carbocycles. The fourth-order valence-electron chi connectivity index (χ4n) is 0.974. The van der Waals surface area contributed by atoms with Crippen molar-refractivity contribution in [2.24, 2.45) is 0 Å². The van der Waals surface area contributed by atoms with Crippen LogP contribution in [-0.2, 0) is 0 Å². The smallest absolute Gasteiger partial charge is 0.258 e. The van der Waals surface area contributed by atoms with Crippen LogP contribution >= 0.6 is 0 Å². The van der Waals surface area contributed by atoms with E-state index in [-0.39, 0.29) is 10.6 Å². The van der Waals surface area contributed by atoms with Crippen LogP contribution in [0.3, 0.4) is 0 Å². The molecule has 0 aliphatic carbocycles. The lowest BCUT2D eigenvalue weighted by Gasteiger charge is -1.94. The summed E-state index contributed by atoms with van der Waals surface area (Å²) >= 11 is 0. The molecule has 0 radical (unpaired) electrons. The summed E-state index contributed by atoms with van der Waals surface area (Å²) in [5.74, 6) is 0. The second-order valence-corrected chi connectivity index (χ2v) is 2.32. The van der Waals surface area contributed by atoms with Gasteiger partial charge in [-0.2, -0.15) is 0 Å². The average molecular weight is 163 g/mol. The van der Waals surface area contributed by atoms with E-state index in [0.29, 0.717) is 5.56 Å². The van der Waals surface area contributed by atoms with Crippen molar-refractivity contribution in [3.63, 3.8) is 0 Å². The number of nitro groups is 1. The Hall–Kier alpha value is -1.64. The molecule has 0 bridgehead atoms. The number of hydrogen-bond acceptors (Lipinski definition) is 2. The van der Waals surface area contributed by atoms with E-state index in [2.05, 4.69) is 0 Å². The fraction of sp³-hybridized carbons (Fsp3) is 0.111. The molecular formula is C9H9NO2. The highest BCUT2D eigenvalue weighted by atomic mass is 16.6. The van der Waals surface area contributed by atoms with Crippen LogP contribution in [0.1, 0.15) is 12.5 Å². The van der Waals surface area contributed by atoms with Gasteiger partial charge in [-0.25, -0.2) is 0 Å². The van der Waals surface area contributed by atoms with Crippen molar-refractivity contribution >= 4 is 11.8 Å². The quantitative estimate of drug-likeness (QED) is 0.496. The summed E-state index contributed by atoms with van der Waals surface area (Å²) in [6.45, 7) is 1.83. The Morgan fingerprint density at radius 2 is 2.08 bits per heavy atom. The highest BCUT2D eigenvalue weighted by Crippen LogP contribution is 2.18. The van der Waals surface area contributed by atoms with Gasteiger partial charge in [-0.1, -0.05) is 24.3 Å². The largest absolute Gasteiger partial charge is 0.276 e. The van der Waals surface area contributed by atoms with Crippen LogP contribution in [0, 0.1) is 10.1 Å². The van der Waals surface area contributed by atoms with Crippen LogP contribution in [0.4, 0.5) is 5.69 Å². The molecular weight excluding hydrogens is 154 g/mol. The van der Waals surface area contributed by atoms with E-state index in [4.69, 9.17) is 0 Å². The molecule has 0 N–H and O–H groups in total. The number of nitrogens with zero attached hydrogens (tertiary/aromatic N) is 1. The van der Waals surface area contributed by atoms with E-state index in [1.54, 1.807) is 30.4 Å². The Bertz CT molecular complexity index is 318. The normalized spacial score (nSPS) is 10.4. The zero-order valence-electron chi connectivity index (χ0n) is 6.73. The van der Waals surface area contributed by atoms with Gasteiger partial charge in [0, 0.05) is 6.07 Å². The molecule has 0 aliphatic heterocycles. The summed E-state index contributed by atoms with van der Waals surface area (Å²) < 4.78 is 0. The molecule has 0 spiro atoms. The zero-order chi connectivity index (χ0) is 8.97. The molecule has 3 heteroatoms. The number of rotatable bonds is 2. The van der Waals surface area contributed by atoms with Gasteiger partial charge in [0.1, 0.15) is 0 Å². The first kappa shape index (κ1) is 8.46. The predicted molar refractivity (Wildman–Crippen MR) is 47.8 cm³/mol. The monoisotopic (exact) mass is 163 g/mol.